The van der Waals surface area contributed by atoms with Crippen molar-refractivity contribution in [1.29, 1.82) is 0 Å². The van der Waals surface area contributed by atoms with Gasteiger partial charge in [-0.25, -0.2) is 19.2 Å². The Balaban J connectivity index is 2.21. The van der Waals surface area contributed by atoms with Crippen LogP contribution in [0.5, 0.6) is 0 Å². The predicted octanol–water partition coefficient (Wildman–Crippen LogP) is 2.20. The molecule has 21 heavy (non-hydrogen) atoms. The molecule has 2 aromatic rings. The molecule has 0 bridgehead atoms. The maximum atomic E-state index is 11.8. The van der Waals surface area contributed by atoms with E-state index in [1.54, 1.807) is 0 Å². The fourth-order valence-electron chi connectivity index (χ4n) is 1.45. The molecule has 0 fully saturated rings. The summed E-state index contributed by atoms with van der Waals surface area (Å²) in [5.74, 6) is -4.90. The van der Waals surface area contributed by atoms with Gasteiger partial charge in [-0.2, -0.15) is 0 Å². The van der Waals surface area contributed by atoms with E-state index in [1.165, 1.54) is 22.9 Å². The summed E-state index contributed by atoms with van der Waals surface area (Å²) in [6.45, 7) is 0. The molecule has 0 atom stereocenters. The van der Waals surface area contributed by atoms with Gasteiger partial charge in [0.25, 0.3) is 0 Å². The minimum Gasteiger partial charge on any atom is -0.478 e. The fourth-order valence-corrected chi connectivity index (χ4v) is 2.97. The molecule has 108 valence electrons. The highest BCUT2D eigenvalue weighted by Crippen LogP contribution is 2.21. The van der Waals surface area contributed by atoms with Crippen molar-refractivity contribution in [2.24, 2.45) is 0 Å². The van der Waals surface area contributed by atoms with E-state index >= 15 is 0 Å². The Labute approximate surface area is 125 Å². The molecule has 7 nitrogen and oxygen atoms in total. The Hall–Kier alpha value is -2.52. The third kappa shape index (κ3) is 2.98. The summed E-state index contributed by atoms with van der Waals surface area (Å²) >= 11 is 1.63. The van der Waals surface area contributed by atoms with Gasteiger partial charge in [0.2, 0.25) is 0 Å². The number of hydrogen-bond donors (Lipinski definition) is 2. The number of thiophene rings is 2. The van der Waals surface area contributed by atoms with Gasteiger partial charge in [0.15, 0.2) is 0 Å². The van der Waals surface area contributed by atoms with Crippen LogP contribution in [0.3, 0.4) is 0 Å². The van der Waals surface area contributed by atoms with Crippen LogP contribution in [0.25, 0.3) is 0 Å². The lowest BCUT2D eigenvalue weighted by Gasteiger charge is -2.02. The highest BCUT2D eigenvalue weighted by Gasteiger charge is 2.25. The van der Waals surface area contributed by atoms with Gasteiger partial charge < -0.3 is 14.9 Å². The first kappa shape index (κ1) is 14.9. The Morgan fingerprint density at radius 1 is 0.810 bits per heavy atom. The molecule has 0 saturated carbocycles. The summed E-state index contributed by atoms with van der Waals surface area (Å²) in [7, 11) is 0. The zero-order valence-electron chi connectivity index (χ0n) is 10.1. The van der Waals surface area contributed by atoms with Crippen LogP contribution in [-0.2, 0) is 4.74 Å². The first-order valence-electron chi connectivity index (χ1n) is 5.30. The van der Waals surface area contributed by atoms with Crippen LogP contribution < -0.4 is 0 Å². The van der Waals surface area contributed by atoms with Crippen LogP contribution in [0.15, 0.2) is 22.9 Å². The lowest BCUT2D eigenvalue weighted by Crippen LogP contribution is -2.15. The molecule has 2 aromatic heterocycles. The lowest BCUT2D eigenvalue weighted by atomic mass is 10.2. The molecule has 9 heteroatoms. The average Bonchev–Trinajstić information content (AvgIpc) is 3.07. The SMILES string of the molecule is O=C(O)c1ccsc1C(=O)OC(=O)c1sccc1C(=O)O. The van der Waals surface area contributed by atoms with E-state index in [0.29, 0.717) is 0 Å². The van der Waals surface area contributed by atoms with E-state index in [4.69, 9.17) is 10.2 Å². The molecule has 2 rings (SSSR count). The summed E-state index contributed by atoms with van der Waals surface area (Å²) in [6, 6.07) is 2.42. The van der Waals surface area contributed by atoms with E-state index in [0.717, 1.165) is 22.7 Å². The van der Waals surface area contributed by atoms with Crippen molar-refractivity contribution in [3.05, 3.63) is 43.8 Å². The van der Waals surface area contributed by atoms with Crippen molar-refractivity contribution in [3.8, 4) is 0 Å². The highest BCUT2D eigenvalue weighted by atomic mass is 32.1. The second-order valence-electron chi connectivity index (χ2n) is 3.61. The molecule has 0 radical (unpaired) electrons. The van der Waals surface area contributed by atoms with Gasteiger partial charge in [0.1, 0.15) is 9.75 Å². The number of carboxylic acid groups (broad SMARTS) is 2. The number of ether oxygens (including phenoxy) is 1. The van der Waals surface area contributed by atoms with Gasteiger partial charge in [-0.3, -0.25) is 0 Å². The fraction of sp³-hybridized carbons (Fsp3) is 0. The summed E-state index contributed by atoms with van der Waals surface area (Å²) in [6.07, 6.45) is 0. The largest absolute Gasteiger partial charge is 0.478 e. The molecule has 0 aliphatic carbocycles. The number of carbonyl (C=O) groups is 4. The van der Waals surface area contributed by atoms with Crippen molar-refractivity contribution >= 4 is 46.6 Å². The van der Waals surface area contributed by atoms with Gasteiger partial charge in [0, 0.05) is 0 Å². The van der Waals surface area contributed by atoms with Crippen molar-refractivity contribution in [2.45, 2.75) is 0 Å². The summed E-state index contributed by atoms with van der Waals surface area (Å²) in [5, 5.41) is 20.5. The molecule has 0 aromatic carbocycles. The average molecular weight is 326 g/mol. The van der Waals surface area contributed by atoms with Gasteiger partial charge >= 0.3 is 23.9 Å². The Bertz CT molecular complexity index is 678. The summed E-state index contributed by atoms with van der Waals surface area (Å²) in [5.41, 5.74) is -0.551. The molecular formula is C12H6O7S2. The molecule has 0 amide bonds. The molecule has 2 heterocycles. The predicted molar refractivity (Wildman–Crippen MR) is 72.3 cm³/mol. The summed E-state index contributed by atoms with van der Waals surface area (Å²) in [4.78, 5) is 44.9. The number of carbonyl (C=O) groups excluding carboxylic acids is 2. The van der Waals surface area contributed by atoms with Gasteiger partial charge in [-0.15, -0.1) is 22.7 Å². The Morgan fingerprint density at radius 3 is 1.52 bits per heavy atom. The minimum atomic E-state index is -1.32. The second kappa shape index (κ2) is 5.85. The molecular weight excluding hydrogens is 320 g/mol. The first-order chi connectivity index (χ1) is 9.91. The number of carboxylic acids is 2. The van der Waals surface area contributed by atoms with Crippen molar-refractivity contribution < 1.29 is 34.1 Å². The minimum absolute atomic E-state index is 0.232. The third-order valence-electron chi connectivity index (χ3n) is 2.35. The maximum Gasteiger partial charge on any atom is 0.357 e. The number of hydrogen-bond acceptors (Lipinski definition) is 7. The number of aromatic carboxylic acids is 2. The van der Waals surface area contributed by atoms with E-state index in [9.17, 15) is 19.2 Å². The molecule has 0 saturated heterocycles. The lowest BCUT2D eigenvalue weighted by molar-refractivity contribution is 0.0394. The van der Waals surface area contributed by atoms with Gasteiger partial charge in [-0.05, 0) is 22.9 Å². The monoisotopic (exact) mass is 326 g/mol. The smallest absolute Gasteiger partial charge is 0.357 e. The van der Waals surface area contributed by atoms with Crippen LogP contribution in [0, 0.1) is 0 Å². The third-order valence-corrected chi connectivity index (χ3v) is 4.14. The van der Waals surface area contributed by atoms with Crippen molar-refractivity contribution in [3.63, 3.8) is 0 Å². The maximum absolute atomic E-state index is 11.8. The highest BCUT2D eigenvalue weighted by molar-refractivity contribution is 7.13. The zero-order valence-corrected chi connectivity index (χ0v) is 11.7. The van der Waals surface area contributed by atoms with E-state index < -0.39 is 23.9 Å². The zero-order chi connectivity index (χ0) is 15.6. The van der Waals surface area contributed by atoms with Crippen LogP contribution in [0.4, 0.5) is 0 Å². The van der Waals surface area contributed by atoms with Gasteiger partial charge in [-0.1, -0.05) is 0 Å². The first-order valence-corrected chi connectivity index (χ1v) is 7.05. The normalized spacial score (nSPS) is 10.1. The Kier molecular flexibility index (Phi) is 4.15. The van der Waals surface area contributed by atoms with E-state index in [1.807, 2.05) is 0 Å². The summed E-state index contributed by atoms with van der Waals surface area (Å²) < 4.78 is 4.54. The van der Waals surface area contributed by atoms with Crippen LogP contribution in [-0.4, -0.2) is 34.1 Å². The second-order valence-corrected chi connectivity index (χ2v) is 5.45. The van der Waals surface area contributed by atoms with E-state index in [2.05, 4.69) is 4.74 Å². The van der Waals surface area contributed by atoms with E-state index in [-0.39, 0.29) is 20.9 Å². The molecule has 2 N–H and O–H groups in total. The van der Waals surface area contributed by atoms with Crippen molar-refractivity contribution in [1.82, 2.24) is 0 Å². The van der Waals surface area contributed by atoms with Crippen LogP contribution >= 0.6 is 22.7 Å². The molecule has 0 aliphatic rings. The molecule has 0 aliphatic heterocycles. The number of rotatable bonds is 4. The topological polar surface area (TPSA) is 118 Å². The van der Waals surface area contributed by atoms with Crippen LogP contribution in [0.1, 0.15) is 40.1 Å². The van der Waals surface area contributed by atoms with Crippen molar-refractivity contribution in [2.75, 3.05) is 0 Å². The standard InChI is InChI=1S/C12H6O7S2/c13-9(14)5-1-3-20-7(5)11(17)19-12(18)8-6(10(15)16)2-4-21-8/h1-4H,(H,13,14)(H,15,16). The molecule has 0 unspecified atom stereocenters. The van der Waals surface area contributed by atoms with Gasteiger partial charge in [0.05, 0.1) is 11.1 Å². The Morgan fingerprint density at radius 2 is 1.19 bits per heavy atom. The quantitative estimate of drug-likeness (QED) is 0.653. The van der Waals surface area contributed by atoms with Crippen LogP contribution in [0.2, 0.25) is 0 Å². The number of esters is 2. The molecule has 0 spiro atoms.